The predicted molar refractivity (Wildman–Crippen MR) is 267 cm³/mol. The Morgan fingerprint density at radius 1 is 0.266 bits per heavy atom. The van der Waals surface area contributed by atoms with Crippen LogP contribution in [-0.2, 0) is 0 Å². The largest absolute Gasteiger partial charge is 0.309 e. The minimum atomic E-state index is 0.691. The Kier molecular flexibility index (Phi) is 8.18. The fourth-order valence-electron chi connectivity index (χ4n) is 9.99. The van der Waals surface area contributed by atoms with Crippen molar-refractivity contribution in [3.05, 3.63) is 231 Å². The van der Waals surface area contributed by atoms with Crippen molar-refractivity contribution in [1.82, 2.24) is 19.1 Å². The first-order chi connectivity index (χ1) is 31.7. The van der Waals surface area contributed by atoms with Gasteiger partial charge in [0.2, 0.25) is 0 Å². The highest BCUT2D eigenvalue weighted by Gasteiger charge is 2.18. The van der Waals surface area contributed by atoms with E-state index in [0.717, 1.165) is 66.9 Å². The molecule has 3 heterocycles. The van der Waals surface area contributed by atoms with Crippen LogP contribution in [0.5, 0.6) is 0 Å². The maximum absolute atomic E-state index is 5.33. The molecule has 0 fully saturated rings. The van der Waals surface area contributed by atoms with Gasteiger partial charge >= 0.3 is 0 Å². The van der Waals surface area contributed by atoms with Gasteiger partial charge in [-0.3, -0.25) is 0 Å². The summed E-state index contributed by atoms with van der Waals surface area (Å²) < 4.78 is 4.79. The summed E-state index contributed by atoms with van der Waals surface area (Å²) in [6, 6.07) is 82.8. The number of hydrogen-bond acceptors (Lipinski definition) is 2. The Balaban J connectivity index is 0.948. The van der Waals surface area contributed by atoms with E-state index < -0.39 is 0 Å². The fourth-order valence-corrected chi connectivity index (χ4v) is 9.99. The highest BCUT2D eigenvalue weighted by molar-refractivity contribution is 6.11. The number of rotatable bonds is 6. The second-order valence-corrected chi connectivity index (χ2v) is 16.6. The Morgan fingerprint density at radius 3 is 1.27 bits per heavy atom. The monoisotopic (exact) mass is 814 g/mol. The lowest BCUT2D eigenvalue weighted by Gasteiger charge is -2.13. The van der Waals surface area contributed by atoms with Crippen LogP contribution in [-0.4, -0.2) is 19.1 Å². The summed E-state index contributed by atoms with van der Waals surface area (Å²) in [7, 11) is 0. The van der Waals surface area contributed by atoms with Crippen molar-refractivity contribution in [2.24, 2.45) is 0 Å². The lowest BCUT2D eigenvalue weighted by atomic mass is 9.98. The molecule has 64 heavy (non-hydrogen) atoms. The van der Waals surface area contributed by atoms with Crippen molar-refractivity contribution >= 4 is 65.2 Å². The summed E-state index contributed by atoms with van der Waals surface area (Å²) in [6.07, 6.45) is 0. The maximum Gasteiger partial charge on any atom is 0.160 e. The Labute approximate surface area is 369 Å². The molecule has 0 atom stereocenters. The topological polar surface area (TPSA) is 35.6 Å². The average molecular weight is 815 g/mol. The Hall–Kier alpha value is -8.60. The van der Waals surface area contributed by atoms with E-state index in [0.29, 0.717) is 5.82 Å². The summed E-state index contributed by atoms with van der Waals surface area (Å²) in [5.74, 6) is 0.691. The van der Waals surface area contributed by atoms with E-state index >= 15 is 0 Å². The van der Waals surface area contributed by atoms with Crippen LogP contribution in [0.4, 0.5) is 0 Å². The first kappa shape index (κ1) is 36.1. The first-order valence-electron chi connectivity index (χ1n) is 21.8. The van der Waals surface area contributed by atoms with Crippen molar-refractivity contribution in [1.29, 1.82) is 0 Å². The van der Waals surface area contributed by atoms with Crippen LogP contribution in [0.15, 0.2) is 231 Å². The number of hydrogen-bond donors (Lipinski definition) is 0. The number of benzene rings is 10. The molecule has 0 unspecified atom stereocenters. The van der Waals surface area contributed by atoms with Gasteiger partial charge in [0, 0.05) is 49.6 Å². The summed E-state index contributed by atoms with van der Waals surface area (Å²) in [5, 5.41) is 9.62. The van der Waals surface area contributed by atoms with Crippen molar-refractivity contribution in [3.63, 3.8) is 0 Å². The van der Waals surface area contributed by atoms with Gasteiger partial charge in [0.15, 0.2) is 5.82 Å². The second-order valence-electron chi connectivity index (χ2n) is 16.6. The van der Waals surface area contributed by atoms with Crippen molar-refractivity contribution in [3.8, 4) is 56.4 Å². The lowest BCUT2D eigenvalue weighted by molar-refractivity contribution is 1.13. The van der Waals surface area contributed by atoms with Gasteiger partial charge in [-0.2, -0.15) is 0 Å². The molecule has 0 saturated carbocycles. The second kappa shape index (κ2) is 14.5. The number of fused-ring (bicyclic) bond motifs is 8. The zero-order valence-electron chi connectivity index (χ0n) is 34.7. The minimum absolute atomic E-state index is 0.691. The third kappa shape index (κ3) is 5.77. The van der Waals surface area contributed by atoms with E-state index in [2.05, 4.69) is 240 Å². The summed E-state index contributed by atoms with van der Waals surface area (Å²) in [6.45, 7) is 0. The molecule has 13 rings (SSSR count). The van der Waals surface area contributed by atoms with Crippen molar-refractivity contribution < 1.29 is 0 Å². The molecule has 0 saturated heterocycles. The van der Waals surface area contributed by atoms with Gasteiger partial charge in [0.25, 0.3) is 0 Å². The predicted octanol–water partition coefficient (Wildman–Crippen LogP) is 15.6. The molecule has 0 aliphatic rings. The number of para-hydroxylation sites is 3. The minimum Gasteiger partial charge on any atom is -0.309 e. The third-order valence-corrected chi connectivity index (χ3v) is 12.9. The smallest absolute Gasteiger partial charge is 0.160 e. The van der Waals surface area contributed by atoms with Crippen LogP contribution in [0.1, 0.15) is 0 Å². The molecule has 13 aromatic rings. The first-order valence-corrected chi connectivity index (χ1v) is 21.8. The fraction of sp³-hybridized carbons (Fsp3) is 0. The molecule has 0 bridgehead atoms. The van der Waals surface area contributed by atoms with E-state index in [-0.39, 0.29) is 0 Å². The maximum atomic E-state index is 5.33. The van der Waals surface area contributed by atoms with Gasteiger partial charge in [-0.25, -0.2) is 9.97 Å². The molecule has 0 amide bonds. The molecule has 10 aromatic carbocycles. The van der Waals surface area contributed by atoms with Crippen molar-refractivity contribution in [2.45, 2.75) is 0 Å². The molecule has 0 aliphatic carbocycles. The van der Waals surface area contributed by atoms with Gasteiger partial charge in [0.1, 0.15) is 0 Å². The number of aromatic nitrogens is 4. The van der Waals surface area contributed by atoms with Crippen LogP contribution in [0.25, 0.3) is 122 Å². The molecule has 4 heteroatoms. The molecule has 298 valence electrons. The Morgan fingerprint density at radius 2 is 0.688 bits per heavy atom. The van der Waals surface area contributed by atoms with Crippen LogP contribution in [0, 0.1) is 0 Å². The Bertz CT molecular complexity index is 3820. The van der Waals surface area contributed by atoms with Crippen molar-refractivity contribution in [2.75, 3.05) is 0 Å². The van der Waals surface area contributed by atoms with E-state index in [1.165, 1.54) is 48.9 Å². The van der Waals surface area contributed by atoms with Crippen LogP contribution in [0.2, 0.25) is 0 Å². The molecular weight excluding hydrogens is 777 g/mol. The van der Waals surface area contributed by atoms with Crippen LogP contribution >= 0.6 is 0 Å². The molecule has 0 spiro atoms. The molecule has 4 nitrogen and oxygen atoms in total. The zero-order chi connectivity index (χ0) is 42.1. The highest BCUT2D eigenvalue weighted by Crippen LogP contribution is 2.39. The molecule has 0 N–H and O–H groups in total. The molecular formula is C60H38N4. The third-order valence-electron chi connectivity index (χ3n) is 12.9. The standard InChI is InChI=1S/C60H38N4/c1-3-23-46-39(15-1)17-12-28-48(46)54-38-55(49-29-13-18-40-16-2-4-24-47(40)49)62-60(61-54)43-20-11-19-41(35-43)42-33-34-59-53(36-42)52-27-7-10-32-58(52)64(59)45-22-14-21-44(37-45)63-56-30-8-5-25-50(56)51-26-6-9-31-57(51)63/h1-38H. The van der Waals surface area contributed by atoms with Crippen LogP contribution < -0.4 is 0 Å². The van der Waals surface area contributed by atoms with E-state index in [1.807, 2.05) is 0 Å². The molecule has 3 aromatic heterocycles. The van der Waals surface area contributed by atoms with Crippen LogP contribution in [0.3, 0.4) is 0 Å². The van der Waals surface area contributed by atoms with E-state index in [9.17, 15) is 0 Å². The lowest BCUT2D eigenvalue weighted by Crippen LogP contribution is -1.98. The van der Waals surface area contributed by atoms with E-state index in [1.54, 1.807) is 0 Å². The van der Waals surface area contributed by atoms with Gasteiger partial charge < -0.3 is 9.13 Å². The zero-order valence-corrected chi connectivity index (χ0v) is 34.7. The summed E-state index contributed by atoms with van der Waals surface area (Å²) in [5.41, 5.74) is 14.1. The van der Waals surface area contributed by atoms with Gasteiger partial charge in [-0.1, -0.05) is 170 Å². The quantitative estimate of drug-likeness (QED) is 0.168. The molecule has 0 aliphatic heterocycles. The SMILES string of the molecule is c1cc(-c2ccc3c(c2)c2ccccc2n3-c2cccc(-n3c4ccccc4c4ccccc43)c2)cc(-c2nc(-c3cccc4ccccc34)cc(-c3cccc4ccccc34)n2)c1. The van der Waals surface area contributed by atoms with Gasteiger partial charge in [-0.15, -0.1) is 0 Å². The number of nitrogens with zero attached hydrogens (tertiary/aromatic N) is 4. The van der Waals surface area contributed by atoms with E-state index in [4.69, 9.17) is 9.97 Å². The average Bonchev–Trinajstić information content (AvgIpc) is 3.89. The normalized spacial score (nSPS) is 11.8. The summed E-state index contributed by atoms with van der Waals surface area (Å²) in [4.78, 5) is 10.7. The molecule has 0 radical (unpaired) electrons. The summed E-state index contributed by atoms with van der Waals surface area (Å²) >= 11 is 0. The van der Waals surface area contributed by atoms with Gasteiger partial charge in [0.05, 0.1) is 33.5 Å². The van der Waals surface area contributed by atoms with Gasteiger partial charge in [-0.05, 0) is 93.3 Å². The highest BCUT2D eigenvalue weighted by atomic mass is 15.0.